The van der Waals surface area contributed by atoms with Crippen molar-refractivity contribution < 1.29 is 9.59 Å². The predicted octanol–water partition coefficient (Wildman–Crippen LogP) is 3.67. The molecular formula is C23H28ClN3O2. The molecule has 0 spiro atoms. The van der Waals surface area contributed by atoms with E-state index in [1.54, 1.807) is 0 Å². The maximum Gasteiger partial charge on any atom is 0.241 e. The molecule has 0 saturated carbocycles. The summed E-state index contributed by atoms with van der Waals surface area (Å²) in [5.74, 6) is 0.0787. The zero-order valence-electron chi connectivity index (χ0n) is 17.2. The third-order valence-corrected chi connectivity index (χ3v) is 6.01. The number of anilines is 1. The van der Waals surface area contributed by atoms with Gasteiger partial charge >= 0.3 is 0 Å². The van der Waals surface area contributed by atoms with Gasteiger partial charge < -0.3 is 10.2 Å². The van der Waals surface area contributed by atoms with Crippen LogP contribution in [0.1, 0.15) is 23.6 Å². The lowest BCUT2D eigenvalue weighted by Crippen LogP contribution is -2.54. The highest BCUT2D eigenvalue weighted by Gasteiger charge is 2.27. The molecule has 0 aromatic heterocycles. The van der Waals surface area contributed by atoms with Gasteiger partial charge in [-0.3, -0.25) is 14.5 Å². The maximum atomic E-state index is 12.7. The zero-order valence-corrected chi connectivity index (χ0v) is 18.0. The van der Waals surface area contributed by atoms with Crippen LogP contribution in [0.25, 0.3) is 0 Å². The van der Waals surface area contributed by atoms with Gasteiger partial charge in [-0.1, -0.05) is 47.5 Å². The van der Waals surface area contributed by atoms with Gasteiger partial charge in [0.15, 0.2) is 0 Å². The molecule has 1 N–H and O–H groups in total. The van der Waals surface area contributed by atoms with Crippen molar-refractivity contribution in [3.63, 3.8) is 0 Å². The van der Waals surface area contributed by atoms with E-state index in [0.717, 1.165) is 16.8 Å². The average Bonchev–Trinajstić information content (AvgIpc) is 2.72. The van der Waals surface area contributed by atoms with Crippen molar-refractivity contribution >= 4 is 29.1 Å². The molecule has 2 aromatic carbocycles. The first kappa shape index (κ1) is 21.3. The first-order chi connectivity index (χ1) is 13.8. The lowest BCUT2D eigenvalue weighted by molar-refractivity contribution is -0.133. The lowest BCUT2D eigenvalue weighted by Gasteiger charge is -2.37. The van der Waals surface area contributed by atoms with Gasteiger partial charge in [0.2, 0.25) is 11.8 Å². The first-order valence-corrected chi connectivity index (χ1v) is 10.4. The third kappa shape index (κ3) is 5.37. The van der Waals surface area contributed by atoms with E-state index in [0.29, 0.717) is 37.6 Å². The minimum Gasteiger partial charge on any atom is -0.340 e. The summed E-state index contributed by atoms with van der Waals surface area (Å²) in [7, 11) is 0. The normalized spacial score (nSPS) is 15.8. The van der Waals surface area contributed by atoms with Gasteiger partial charge in [0.05, 0.1) is 12.5 Å². The lowest BCUT2D eigenvalue weighted by atomic mass is 10.1. The van der Waals surface area contributed by atoms with E-state index in [1.807, 2.05) is 68.1 Å². The molecule has 1 saturated heterocycles. The number of benzene rings is 2. The minimum absolute atomic E-state index is 0.0604. The number of rotatable bonds is 5. The number of halogens is 1. The van der Waals surface area contributed by atoms with E-state index in [1.165, 1.54) is 5.56 Å². The number of carbonyl (C=O) groups excluding carboxylic acids is 2. The van der Waals surface area contributed by atoms with Crippen LogP contribution in [0.3, 0.4) is 0 Å². The van der Waals surface area contributed by atoms with Crippen LogP contribution in [0.15, 0.2) is 42.5 Å². The van der Waals surface area contributed by atoms with E-state index in [9.17, 15) is 9.59 Å². The summed E-state index contributed by atoms with van der Waals surface area (Å²) < 4.78 is 0. The van der Waals surface area contributed by atoms with Crippen LogP contribution >= 0.6 is 11.6 Å². The van der Waals surface area contributed by atoms with Crippen molar-refractivity contribution in [1.82, 2.24) is 9.80 Å². The predicted molar refractivity (Wildman–Crippen MR) is 117 cm³/mol. The molecule has 1 fully saturated rings. The minimum atomic E-state index is -0.275. The fraction of sp³-hybridized carbons (Fsp3) is 0.391. The fourth-order valence-corrected chi connectivity index (χ4v) is 3.67. The number of hydrogen-bond acceptors (Lipinski definition) is 3. The average molecular weight is 414 g/mol. The second-order valence-corrected chi connectivity index (χ2v) is 8.06. The molecule has 1 heterocycles. The SMILES string of the molecule is Cc1ccc(CC(=O)N2CCN(C(C)C(=O)Nc3cccc(Cl)c3C)CC2)cc1. The molecule has 0 aliphatic carbocycles. The third-order valence-electron chi connectivity index (χ3n) is 5.60. The Morgan fingerprint density at radius 2 is 1.69 bits per heavy atom. The van der Waals surface area contributed by atoms with Gasteiger partial charge in [0, 0.05) is 36.9 Å². The van der Waals surface area contributed by atoms with E-state index in [-0.39, 0.29) is 17.9 Å². The molecule has 0 bridgehead atoms. The second-order valence-electron chi connectivity index (χ2n) is 7.66. The second kappa shape index (κ2) is 9.42. The monoisotopic (exact) mass is 413 g/mol. The topological polar surface area (TPSA) is 52.7 Å². The Labute approximate surface area is 177 Å². The van der Waals surface area contributed by atoms with Crippen LogP contribution in [-0.2, 0) is 16.0 Å². The van der Waals surface area contributed by atoms with Crippen LogP contribution in [-0.4, -0.2) is 53.8 Å². The highest BCUT2D eigenvalue weighted by molar-refractivity contribution is 6.31. The summed E-state index contributed by atoms with van der Waals surface area (Å²) in [5, 5.41) is 3.61. The fourth-order valence-electron chi connectivity index (χ4n) is 3.50. The quantitative estimate of drug-likeness (QED) is 0.813. The summed E-state index contributed by atoms with van der Waals surface area (Å²) in [6.07, 6.45) is 0.421. The zero-order chi connectivity index (χ0) is 21.0. The van der Waals surface area contributed by atoms with Crippen molar-refractivity contribution in [2.24, 2.45) is 0 Å². The Bertz CT molecular complexity index is 874. The molecule has 1 unspecified atom stereocenters. The van der Waals surface area contributed by atoms with Crippen molar-refractivity contribution in [2.75, 3.05) is 31.5 Å². The number of nitrogens with one attached hydrogen (secondary N) is 1. The summed E-state index contributed by atoms with van der Waals surface area (Å²) in [6, 6.07) is 13.3. The Morgan fingerprint density at radius 3 is 2.34 bits per heavy atom. The van der Waals surface area contributed by atoms with E-state index < -0.39 is 0 Å². The van der Waals surface area contributed by atoms with Crippen molar-refractivity contribution in [3.8, 4) is 0 Å². The number of aryl methyl sites for hydroxylation is 1. The highest BCUT2D eigenvalue weighted by atomic mass is 35.5. The number of nitrogens with zero attached hydrogens (tertiary/aromatic N) is 2. The van der Waals surface area contributed by atoms with Crippen molar-refractivity contribution in [2.45, 2.75) is 33.2 Å². The Hall–Kier alpha value is -2.37. The van der Waals surface area contributed by atoms with Crippen LogP contribution in [0.4, 0.5) is 5.69 Å². The smallest absolute Gasteiger partial charge is 0.241 e. The molecule has 5 nitrogen and oxygen atoms in total. The van der Waals surface area contributed by atoms with Crippen LogP contribution in [0.5, 0.6) is 0 Å². The molecule has 154 valence electrons. The molecule has 29 heavy (non-hydrogen) atoms. The van der Waals surface area contributed by atoms with Gasteiger partial charge in [-0.15, -0.1) is 0 Å². The van der Waals surface area contributed by atoms with Gasteiger partial charge in [0.25, 0.3) is 0 Å². The van der Waals surface area contributed by atoms with Gasteiger partial charge in [-0.25, -0.2) is 0 Å². The Balaban J connectivity index is 1.51. The van der Waals surface area contributed by atoms with E-state index in [2.05, 4.69) is 10.2 Å². The molecule has 2 aromatic rings. The van der Waals surface area contributed by atoms with Crippen molar-refractivity contribution in [3.05, 3.63) is 64.2 Å². The van der Waals surface area contributed by atoms with Crippen LogP contribution in [0, 0.1) is 13.8 Å². The summed E-state index contributed by atoms with van der Waals surface area (Å²) >= 11 is 6.14. The number of hydrogen-bond donors (Lipinski definition) is 1. The molecule has 3 rings (SSSR count). The number of carbonyl (C=O) groups is 2. The maximum absolute atomic E-state index is 12.7. The molecular weight excluding hydrogens is 386 g/mol. The molecule has 1 aliphatic heterocycles. The standard InChI is InChI=1S/C23H28ClN3O2/c1-16-7-9-19(10-8-16)15-22(28)27-13-11-26(12-14-27)18(3)23(29)25-21-6-4-5-20(24)17(21)2/h4-10,18H,11-15H2,1-3H3,(H,25,29). The van der Waals surface area contributed by atoms with E-state index in [4.69, 9.17) is 11.6 Å². The summed E-state index contributed by atoms with van der Waals surface area (Å²) in [4.78, 5) is 29.3. The van der Waals surface area contributed by atoms with E-state index >= 15 is 0 Å². The number of piperazine rings is 1. The molecule has 1 atom stereocenters. The van der Waals surface area contributed by atoms with Crippen molar-refractivity contribution in [1.29, 1.82) is 0 Å². The Kier molecular flexibility index (Phi) is 6.93. The first-order valence-electron chi connectivity index (χ1n) is 9.98. The summed E-state index contributed by atoms with van der Waals surface area (Å²) in [5.41, 5.74) is 3.82. The van der Waals surface area contributed by atoms with Crippen LogP contribution < -0.4 is 5.32 Å². The molecule has 1 aliphatic rings. The molecule has 6 heteroatoms. The van der Waals surface area contributed by atoms with Gasteiger partial charge in [-0.05, 0) is 44.0 Å². The number of amides is 2. The molecule has 2 amide bonds. The largest absolute Gasteiger partial charge is 0.340 e. The Morgan fingerprint density at radius 1 is 1.03 bits per heavy atom. The molecule has 0 radical (unpaired) electrons. The van der Waals surface area contributed by atoms with Gasteiger partial charge in [0.1, 0.15) is 0 Å². The summed E-state index contributed by atoms with van der Waals surface area (Å²) in [6.45, 7) is 8.47. The van der Waals surface area contributed by atoms with Crippen LogP contribution in [0.2, 0.25) is 5.02 Å². The highest BCUT2D eigenvalue weighted by Crippen LogP contribution is 2.23. The van der Waals surface area contributed by atoms with Gasteiger partial charge in [-0.2, -0.15) is 0 Å².